The molecule has 0 radical (unpaired) electrons. The van der Waals surface area contributed by atoms with Crippen molar-refractivity contribution in [1.82, 2.24) is 9.55 Å². The second-order valence-electron chi connectivity index (χ2n) is 4.16. The van der Waals surface area contributed by atoms with Crippen LogP contribution in [0, 0.1) is 0 Å². The molecule has 18 heavy (non-hydrogen) atoms. The van der Waals surface area contributed by atoms with Gasteiger partial charge >= 0.3 is 0 Å². The Kier molecular flexibility index (Phi) is 3.28. The summed E-state index contributed by atoms with van der Waals surface area (Å²) in [6.07, 6.45) is 4.77. The summed E-state index contributed by atoms with van der Waals surface area (Å²) in [5, 5.41) is 11.5. The van der Waals surface area contributed by atoms with Crippen molar-refractivity contribution >= 4 is 35.0 Å². The summed E-state index contributed by atoms with van der Waals surface area (Å²) in [6, 6.07) is 3.52. The molecule has 0 fully saturated rings. The van der Waals surface area contributed by atoms with Gasteiger partial charge in [0.2, 0.25) is 0 Å². The quantitative estimate of drug-likeness (QED) is 0.924. The Balaban J connectivity index is 1.89. The van der Waals surface area contributed by atoms with E-state index in [1.165, 1.54) is 0 Å². The lowest BCUT2D eigenvalue weighted by Gasteiger charge is -2.14. The van der Waals surface area contributed by atoms with Gasteiger partial charge in [0, 0.05) is 39.4 Å². The summed E-state index contributed by atoms with van der Waals surface area (Å²) in [4.78, 5) is 4.96. The number of halogens is 2. The number of benzene rings is 1. The van der Waals surface area contributed by atoms with Gasteiger partial charge in [0.1, 0.15) is 0 Å². The Bertz CT molecular complexity index is 574. The second-order valence-corrected chi connectivity index (χ2v) is 6.28. The van der Waals surface area contributed by atoms with Crippen LogP contribution in [0.4, 0.5) is 0 Å². The minimum atomic E-state index is -0.572. The Morgan fingerprint density at radius 2 is 2.22 bits per heavy atom. The molecule has 0 saturated heterocycles. The fourth-order valence-electron chi connectivity index (χ4n) is 2.10. The molecule has 0 spiro atoms. The Morgan fingerprint density at radius 3 is 2.94 bits per heavy atom. The smallest absolute Gasteiger partial charge is 0.0954 e. The van der Waals surface area contributed by atoms with Gasteiger partial charge in [0.15, 0.2) is 0 Å². The van der Waals surface area contributed by atoms with E-state index >= 15 is 0 Å². The SMILES string of the molecule is OC1c2c(Cl)cc(Cl)cc2SC1Cn1ccnc1. The fourth-order valence-corrected chi connectivity index (χ4v) is 4.22. The van der Waals surface area contributed by atoms with Crippen LogP contribution in [0.1, 0.15) is 11.7 Å². The van der Waals surface area contributed by atoms with Crippen LogP contribution in [0.25, 0.3) is 0 Å². The lowest BCUT2D eigenvalue weighted by Crippen LogP contribution is -2.16. The number of aromatic nitrogens is 2. The molecule has 2 heterocycles. The fraction of sp³-hybridized carbons (Fsp3) is 0.250. The maximum atomic E-state index is 10.3. The molecule has 0 amide bonds. The first-order chi connectivity index (χ1) is 8.65. The van der Waals surface area contributed by atoms with E-state index in [2.05, 4.69) is 4.98 Å². The van der Waals surface area contributed by atoms with Crippen LogP contribution >= 0.6 is 35.0 Å². The van der Waals surface area contributed by atoms with Crippen LogP contribution in [-0.2, 0) is 6.54 Å². The minimum absolute atomic E-state index is 0.0326. The highest BCUT2D eigenvalue weighted by Gasteiger charge is 2.34. The van der Waals surface area contributed by atoms with Crippen molar-refractivity contribution in [3.63, 3.8) is 0 Å². The van der Waals surface area contributed by atoms with Crippen LogP contribution in [0.5, 0.6) is 0 Å². The number of hydrogen-bond donors (Lipinski definition) is 1. The van der Waals surface area contributed by atoms with Crippen molar-refractivity contribution in [1.29, 1.82) is 0 Å². The van der Waals surface area contributed by atoms with Crippen molar-refractivity contribution in [3.8, 4) is 0 Å². The van der Waals surface area contributed by atoms with Crippen LogP contribution < -0.4 is 0 Å². The number of hydrogen-bond acceptors (Lipinski definition) is 3. The number of nitrogens with zero attached hydrogens (tertiary/aromatic N) is 2. The standard InChI is InChI=1S/C12H10Cl2N2OS/c13-7-3-8(14)11-9(4-7)18-10(12(11)17)5-16-2-1-15-6-16/h1-4,6,10,12,17H,5H2. The number of aliphatic hydroxyl groups is 1. The molecule has 0 aliphatic carbocycles. The van der Waals surface area contributed by atoms with E-state index in [1.54, 1.807) is 30.4 Å². The van der Waals surface area contributed by atoms with Gasteiger partial charge in [0.05, 0.1) is 17.7 Å². The lowest BCUT2D eigenvalue weighted by atomic mass is 10.1. The highest BCUT2D eigenvalue weighted by atomic mass is 35.5. The van der Waals surface area contributed by atoms with Crippen molar-refractivity contribution < 1.29 is 5.11 Å². The molecule has 0 bridgehead atoms. The Hall–Kier alpha value is -0.680. The lowest BCUT2D eigenvalue weighted by molar-refractivity contribution is 0.170. The van der Waals surface area contributed by atoms with Crippen LogP contribution in [0.2, 0.25) is 10.0 Å². The number of aliphatic hydroxyl groups excluding tert-OH is 1. The van der Waals surface area contributed by atoms with E-state index in [9.17, 15) is 5.11 Å². The number of imidazole rings is 1. The first kappa shape index (κ1) is 12.4. The predicted molar refractivity (Wildman–Crippen MR) is 73.3 cm³/mol. The average Bonchev–Trinajstić information content (AvgIpc) is 2.88. The average molecular weight is 301 g/mol. The molecule has 6 heteroatoms. The van der Waals surface area contributed by atoms with Gasteiger partial charge in [-0.15, -0.1) is 11.8 Å². The normalized spacial score (nSPS) is 22.2. The van der Waals surface area contributed by atoms with Gasteiger partial charge in [-0.3, -0.25) is 0 Å². The molecule has 2 atom stereocenters. The van der Waals surface area contributed by atoms with E-state index in [1.807, 2.05) is 16.8 Å². The first-order valence-electron chi connectivity index (χ1n) is 5.44. The molecule has 2 aromatic rings. The highest BCUT2D eigenvalue weighted by molar-refractivity contribution is 8.00. The summed E-state index contributed by atoms with van der Waals surface area (Å²) in [6.45, 7) is 0.689. The third-order valence-electron chi connectivity index (χ3n) is 2.93. The van der Waals surface area contributed by atoms with Crippen LogP contribution in [0.15, 0.2) is 35.7 Å². The Morgan fingerprint density at radius 1 is 1.39 bits per heavy atom. The molecule has 1 N–H and O–H groups in total. The van der Waals surface area contributed by atoms with Crippen molar-refractivity contribution in [2.45, 2.75) is 22.8 Å². The molecule has 94 valence electrons. The summed E-state index contributed by atoms with van der Waals surface area (Å²) in [5.74, 6) is 0. The topological polar surface area (TPSA) is 38.0 Å². The molecule has 3 rings (SSSR count). The monoisotopic (exact) mass is 300 g/mol. The van der Waals surface area contributed by atoms with Gasteiger partial charge in [0.25, 0.3) is 0 Å². The summed E-state index contributed by atoms with van der Waals surface area (Å²) in [7, 11) is 0. The first-order valence-corrected chi connectivity index (χ1v) is 7.08. The zero-order valence-electron chi connectivity index (χ0n) is 9.25. The second kappa shape index (κ2) is 4.78. The predicted octanol–water partition coefficient (Wildman–Crippen LogP) is 3.40. The number of thioether (sulfide) groups is 1. The van der Waals surface area contributed by atoms with E-state index in [0.29, 0.717) is 16.6 Å². The minimum Gasteiger partial charge on any atom is -0.387 e. The third-order valence-corrected chi connectivity index (χ3v) is 4.76. The van der Waals surface area contributed by atoms with E-state index < -0.39 is 6.10 Å². The molecule has 0 saturated carbocycles. The van der Waals surface area contributed by atoms with Gasteiger partial charge in [-0.2, -0.15) is 0 Å². The number of fused-ring (bicyclic) bond motifs is 1. The van der Waals surface area contributed by atoms with Crippen molar-refractivity contribution in [2.75, 3.05) is 0 Å². The zero-order chi connectivity index (χ0) is 12.7. The Labute approximate surface area is 119 Å². The van der Waals surface area contributed by atoms with Gasteiger partial charge < -0.3 is 9.67 Å². The molecule has 1 aliphatic rings. The maximum absolute atomic E-state index is 10.3. The third kappa shape index (κ3) is 2.14. The molecule has 1 aromatic heterocycles. The van der Waals surface area contributed by atoms with Gasteiger partial charge in [-0.25, -0.2) is 4.98 Å². The molecule has 1 aromatic carbocycles. The van der Waals surface area contributed by atoms with E-state index in [-0.39, 0.29) is 5.25 Å². The van der Waals surface area contributed by atoms with Crippen molar-refractivity contribution in [2.24, 2.45) is 0 Å². The van der Waals surface area contributed by atoms with Gasteiger partial charge in [-0.1, -0.05) is 23.2 Å². The summed E-state index contributed by atoms with van der Waals surface area (Å²) in [5.41, 5.74) is 0.788. The zero-order valence-corrected chi connectivity index (χ0v) is 11.6. The highest BCUT2D eigenvalue weighted by Crippen LogP contribution is 2.48. The van der Waals surface area contributed by atoms with E-state index in [4.69, 9.17) is 23.2 Å². The molecule has 1 aliphatic heterocycles. The summed E-state index contributed by atoms with van der Waals surface area (Å²) < 4.78 is 1.95. The molecular formula is C12H10Cl2N2OS. The molecule has 2 unspecified atom stereocenters. The molecule has 3 nitrogen and oxygen atoms in total. The molecular weight excluding hydrogens is 291 g/mol. The van der Waals surface area contributed by atoms with Gasteiger partial charge in [-0.05, 0) is 12.1 Å². The largest absolute Gasteiger partial charge is 0.387 e. The summed E-state index contributed by atoms with van der Waals surface area (Å²) >= 11 is 13.7. The maximum Gasteiger partial charge on any atom is 0.0954 e. The van der Waals surface area contributed by atoms with Crippen molar-refractivity contribution in [3.05, 3.63) is 46.5 Å². The van der Waals surface area contributed by atoms with Crippen LogP contribution in [-0.4, -0.2) is 19.9 Å². The van der Waals surface area contributed by atoms with E-state index in [0.717, 1.165) is 10.5 Å². The van der Waals surface area contributed by atoms with Crippen LogP contribution in [0.3, 0.4) is 0 Å². The number of rotatable bonds is 2.